The summed E-state index contributed by atoms with van der Waals surface area (Å²) in [7, 11) is 0. The molecule has 2 N–H and O–H groups in total. The van der Waals surface area contributed by atoms with Gasteiger partial charge in [-0.05, 0) is 69.4 Å². The minimum absolute atomic E-state index is 0.0166. The number of benzene rings is 1. The normalized spacial score (nSPS) is 27.1. The summed E-state index contributed by atoms with van der Waals surface area (Å²) in [5, 5.41) is 10.6. The summed E-state index contributed by atoms with van der Waals surface area (Å²) >= 11 is 0. The second-order valence-electron chi connectivity index (χ2n) is 9.49. The fourth-order valence-corrected chi connectivity index (χ4v) is 5.26. The van der Waals surface area contributed by atoms with Gasteiger partial charge >= 0.3 is 6.03 Å². The Morgan fingerprint density at radius 3 is 2.66 bits per heavy atom. The van der Waals surface area contributed by atoms with Gasteiger partial charge in [0, 0.05) is 24.7 Å². The van der Waals surface area contributed by atoms with Crippen molar-refractivity contribution in [2.45, 2.75) is 88.8 Å². The lowest BCUT2D eigenvalue weighted by molar-refractivity contribution is -0.0173. The Balaban J connectivity index is 1.39. The number of ether oxygens (including phenoxy) is 1. The first kappa shape index (κ1) is 22.8. The Bertz CT molecular complexity index is 818. The van der Waals surface area contributed by atoms with Crippen molar-refractivity contribution >= 4 is 6.03 Å². The van der Waals surface area contributed by atoms with Crippen molar-refractivity contribution in [2.75, 3.05) is 13.2 Å². The number of piperidine rings is 1. The highest BCUT2D eigenvalue weighted by molar-refractivity contribution is 5.75. The molecule has 0 bridgehead atoms. The van der Waals surface area contributed by atoms with Gasteiger partial charge in [0.2, 0.25) is 0 Å². The molecular formula is C26H38N4O2. The van der Waals surface area contributed by atoms with Crippen LogP contribution in [-0.2, 0) is 4.74 Å². The van der Waals surface area contributed by atoms with Crippen LogP contribution < -0.4 is 5.32 Å². The topological polar surface area (TPSA) is 70.2 Å². The summed E-state index contributed by atoms with van der Waals surface area (Å²) in [6.45, 7) is 5.51. The number of urea groups is 1. The zero-order chi connectivity index (χ0) is 22.3. The van der Waals surface area contributed by atoms with E-state index in [4.69, 9.17) is 4.74 Å². The second kappa shape index (κ2) is 11.0. The average molecular weight is 439 g/mol. The Kier molecular flexibility index (Phi) is 7.85. The quantitative estimate of drug-likeness (QED) is 0.623. The first-order valence-electron chi connectivity index (χ1n) is 12.4. The molecule has 0 unspecified atom stereocenters. The molecule has 0 spiro atoms. The molecule has 3 atom stereocenters. The number of carbonyl (C=O) groups is 1. The molecule has 0 radical (unpaired) electrons. The van der Waals surface area contributed by atoms with E-state index in [9.17, 15) is 4.79 Å². The summed E-state index contributed by atoms with van der Waals surface area (Å²) in [6, 6.07) is 13.1. The summed E-state index contributed by atoms with van der Waals surface area (Å²) in [5.74, 6) is 0.846. The fourth-order valence-electron chi connectivity index (χ4n) is 5.26. The molecule has 2 amide bonds. The van der Waals surface area contributed by atoms with E-state index in [-0.39, 0.29) is 30.1 Å². The van der Waals surface area contributed by atoms with E-state index < -0.39 is 0 Å². The first-order valence-corrected chi connectivity index (χ1v) is 12.4. The van der Waals surface area contributed by atoms with E-state index in [1.165, 1.54) is 18.4 Å². The van der Waals surface area contributed by atoms with Crippen LogP contribution in [0.4, 0.5) is 4.79 Å². The van der Waals surface area contributed by atoms with E-state index in [0.717, 1.165) is 44.3 Å². The van der Waals surface area contributed by atoms with Gasteiger partial charge in [-0.2, -0.15) is 5.10 Å². The van der Waals surface area contributed by atoms with Gasteiger partial charge < -0.3 is 15.0 Å². The van der Waals surface area contributed by atoms with Crippen molar-refractivity contribution in [2.24, 2.45) is 0 Å². The van der Waals surface area contributed by atoms with Gasteiger partial charge in [0.25, 0.3) is 0 Å². The lowest BCUT2D eigenvalue weighted by atomic mass is 9.82. The van der Waals surface area contributed by atoms with Gasteiger partial charge in [-0.3, -0.25) is 5.10 Å². The number of amides is 2. The molecule has 4 rings (SSSR count). The van der Waals surface area contributed by atoms with Crippen LogP contribution in [0, 0.1) is 0 Å². The Hall–Kier alpha value is -2.34. The monoisotopic (exact) mass is 438 g/mol. The molecule has 1 saturated carbocycles. The summed E-state index contributed by atoms with van der Waals surface area (Å²) in [6.07, 6.45) is 9.59. The van der Waals surface area contributed by atoms with Crippen molar-refractivity contribution < 1.29 is 9.53 Å². The number of H-pyrrole nitrogens is 1. The number of rotatable bonds is 7. The second-order valence-corrected chi connectivity index (χ2v) is 9.49. The van der Waals surface area contributed by atoms with Crippen LogP contribution in [0.3, 0.4) is 0 Å². The molecule has 1 aliphatic carbocycles. The minimum atomic E-state index is 0.0166. The molecule has 32 heavy (non-hydrogen) atoms. The Morgan fingerprint density at radius 1 is 1.19 bits per heavy atom. The Labute approximate surface area is 192 Å². The molecular weight excluding hydrogens is 400 g/mol. The number of nitrogens with zero attached hydrogens (tertiary/aromatic N) is 2. The van der Waals surface area contributed by atoms with Gasteiger partial charge in [0.05, 0.1) is 24.4 Å². The van der Waals surface area contributed by atoms with E-state index in [1.54, 1.807) is 0 Å². The van der Waals surface area contributed by atoms with Gasteiger partial charge in [-0.1, -0.05) is 37.3 Å². The molecule has 2 aromatic rings. The van der Waals surface area contributed by atoms with Crippen LogP contribution >= 0.6 is 0 Å². The molecule has 6 nitrogen and oxygen atoms in total. The standard InChI is InChI=1S/C26H38N4O2/c1-3-19(2)28-26(31)30-17-7-10-23(24-15-16-27-29-24)25(30)18-32-22-13-11-21(12-14-22)20-8-5-4-6-9-20/h4-6,8-9,15-16,19,21-23,25H,3,7,10-14,17-18H2,1-2H3,(H,27,29)(H,28,31)/t19-,21-,22+,23-,25+/m1/s1. The molecule has 1 aliphatic heterocycles. The van der Waals surface area contributed by atoms with Crippen LogP contribution in [0.5, 0.6) is 0 Å². The third-order valence-corrected chi connectivity index (χ3v) is 7.37. The van der Waals surface area contributed by atoms with Crippen molar-refractivity contribution in [3.8, 4) is 0 Å². The van der Waals surface area contributed by atoms with Crippen LogP contribution in [-0.4, -0.2) is 52.5 Å². The number of nitrogens with one attached hydrogen (secondary N) is 2. The third-order valence-electron chi connectivity index (χ3n) is 7.37. The summed E-state index contributed by atoms with van der Waals surface area (Å²) in [5.41, 5.74) is 2.48. The van der Waals surface area contributed by atoms with Crippen molar-refractivity contribution in [3.05, 3.63) is 53.9 Å². The highest BCUT2D eigenvalue weighted by Gasteiger charge is 2.37. The fraction of sp³-hybridized carbons (Fsp3) is 0.615. The van der Waals surface area contributed by atoms with Gasteiger partial charge in [-0.15, -0.1) is 0 Å². The maximum absolute atomic E-state index is 13.1. The minimum Gasteiger partial charge on any atom is -0.376 e. The molecule has 2 aliphatic rings. The van der Waals surface area contributed by atoms with Gasteiger partial charge in [-0.25, -0.2) is 4.79 Å². The number of aromatic nitrogens is 2. The number of likely N-dealkylation sites (tertiary alicyclic amines) is 1. The highest BCUT2D eigenvalue weighted by Crippen LogP contribution is 2.36. The molecule has 2 heterocycles. The lowest BCUT2D eigenvalue weighted by Crippen LogP contribution is -2.55. The number of hydrogen-bond donors (Lipinski definition) is 2. The molecule has 1 aromatic carbocycles. The van der Waals surface area contributed by atoms with E-state index in [2.05, 4.69) is 59.7 Å². The van der Waals surface area contributed by atoms with Crippen molar-refractivity contribution in [3.63, 3.8) is 0 Å². The van der Waals surface area contributed by atoms with Gasteiger partial charge in [0.15, 0.2) is 0 Å². The first-order chi connectivity index (χ1) is 15.7. The number of aromatic amines is 1. The van der Waals surface area contributed by atoms with Gasteiger partial charge in [0.1, 0.15) is 0 Å². The maximum Gasteiger partial charge on any atom is 0.317 e. The van der Waals surface area contributed by atoms with Crippen LogP contribution in [0.2, 0.25) is 0 Å². The highest BCUT2D eigenvalue weighted by atomic mass is 16.5. The predicted octanol–water partition coefficient (Wildman–Crippen LogP) is 5.21. The number of carbonyl (C=O) groups excluding carboxylic acids is 1. The van der Waals surface area contributed by atoms with E-state index in [0.29, 0.717) is 12.5 Å². The zero-order valence-electron chi connectivity index (χ0n) is 19.5. The average Bonchev–Trinajstić information content (AvgIpc) is 3.38. The smallest absolute Gasteiger partial charge is 0.317 e. The van der Waals surface area contributed by atoms with E-state index >= 15 is 0 Å². The molecule has 1 saturated heterocycles. The summed E-state index contributed by atoms with van der Waals surface area (Å²) < 4.78 is 6.49. The molecule has 6 heteroatoms. The molecule has 174 valence electrons. The zero-order valence-corrected chi connectivity index (χ0v) is 19.5. The SMILES string of the molecule is CC[C@@H](C)NC(=O)N1CCC[C@H](c2cc[nH]n2)[C@@H]1CO[C@H]1CC[C@@H](c2ccccc2)CC1. The van der Waals surface area contributed by atoms with Crippen LogP contribution in [0.15, 0.2) is 42.6 Å². The largest absolute Gasteiger partial charge is 0.376 e. The van der Waals surface area contributed by atoms with Crippen molar-refractivity contribution in [1.29, 1.82) is 0 Å². The van der Waals surface area contributed by atoms with E-state index in [1.807, 2.05) is 17.2 Å². The van der Waals surface area contributed by atoms with Crippen LogP contribution in [0.1, 0.15) is 81.9 Å². The number of hydrogen-bond acceptors (Lipinski definition) is 3. The van der Waals surface area contributed by atoms with Crippen LogP contribution in [0.25, 0.3) is 0 Å². The lowest BCUT2D eigenvalue weighted by Gasteiger charge is -2.42. The molecule has 2 fully saturated rings. The maximum atomic E-state index is 13.1. The Morgan fingerprint density at radius 2 is 1.97 bits per heavy atom. The van der Waals surface area contributed by atoms with Crippen molar-refractivity contribution in [1.82, 2.24) is 20.4 Å². The predicted molar refractivity (Wildman–Crippen MR) is 127 cm³/mol. The molecule has 1 aromatic heterocycles. The third kappa shape index (κ3) is 5.52. The summed E-state index contributed by atoms with van der Waals surface area (Å²) in [4.78, 5) is 15.1.